The fraction of sp³-hybridized carbons (Fsp3) is 0.316. The van der Waals surface area contributed by atoms with Gasteiger partial charge in [-0.15, -0.1) is 0 Å². The molecule has 1 aliphatic heterocycles. The van der Waals surface area contributed by atoms with Crippen molar-refractivity contribution in [2.75, 3.05) is 31.0 Å². The number of ether oxygens (including phenoxy) is 2. The molecule has 1 aliphatic rings. The molecule has 0 bridgehead atoms. The molecule has 0 spiro atoms. The highest BCUT2D eigenvalue weighted by atomic mass is 79.9. The molecule has 29 heavy (non-hydrogen) atoms. The van der Waals surface area contributed by atoms with E-state index in [1.165, 1.54) is 42.5 Å². The first-order valence-electron chi connectivity index (χ1n) is 8.87. The molecule has 2 aromatic carbocycles. The number of rotatable bonds is 6. The monoisotopic (exact) mass is 486 g/mol. The molecule has 1 amide bonds. The number of halogens is 2. The number of nitrogens with zero attached hydrogens (tertiary/aromatic N) is 1. The summed E-state index contributed by atoms with van der Waals surface area (Å²) in [5, 5.41) is 0. The summed E-state index contributed by atoms with van der Waals surface area (Å²) >= 11 is 3.12. The summed E-state index contributed by atoms with van der Waals surface area (Å²) in [5.74, 6) is -0.497. The van der Waals surface area contributed by atoms with Gasteiger partial charge in [0.2, 0.25) is 0 Å². The second-order valence-electron chi connectivity index (χ2n) is 6.40. The summed E-state index contributed by atoms with van der Waals surface area (Å²) in [7, 11) is -3.98. The second-order valence-corrected chi connectivity index (χ2v) is 9.00. The van der Waals surface area contributed by atoms with Crippen molar-refractivity contribution in [3.8, 4) is 5.75 Å². The zero-order valence-electron chi connectivity index (χ0n) is 15.6. The summed E-state index contributed by atoms with van der Waals surface area (Å²) in [6.07, 6.45) is -0.717. The van der Waals surface area contributed by atoms with Gasteiger partial charge in [-0.1, -0.05) is 15.9 Å². The number of carbonyl (C=O) groups excluding carboxylic acids is 1. The molecule has 0 saturated carbocycles. The molecule has 0 unspecified atom stereocenters. The van der Waals surface area contributed by atoms with Crippen molar-refractivity contribution in [1.29, 1.82) is 0 Å². The van der Waals surface area contributed by atoms with Crippen molar-refractivity contribution in [3.63, 3.8) is 0 Å². The average Bonchev–Trinajstić information content (AvgIpc) is 2.70. The van der Waals surface area contributed by atoms with Crippen LogP contribution in [0.25, 0.3) is 0 Å². The van der Waals surface area contributed by atoms with Crippen molar-refractivity contribution in [3.05, 3.63) is 52.8 Å². The van der Waals surface area contributed by atoms with Gasteiger partial charge in [0.25, 0.3) is 15.9 Å². The van der Waals surface area contributed by atoms with E-state index in [-0.39, 0.29) is 16.5 Å². The summed E-state index contributed by atoms with van der Waals surface area (Å²) in [4.78, 5) is 14.0. The Bertz CT molecular complexity index is 979. The van der Waals surface area contributed by atoms with E-state index in [1.54, 1.807) is 11.8 Å². The zero-order chi connectivity index (χ0) is 21.0. The van der Waals surface area contributed by atoms with Crippen LogP contribution in [0.1, 0.15) is 6.92 Å². The van der Waals surface area contributed by atoms with Gasteiger partial charge in [-0.25, -0.2) is 12.8 Å². The number of hydrogen-bond acceptors (Lipinski definition) is 5. The summed E-state index contributed by atoms with van der Waals surface area (Å²) in [5.41, 5.74) is -0.154. The second kappa shape index (κ2) is 9.10. The highest BCUT2D eigenvalue weighted by Gasteiger charge is 2.24. The number of benzene rings is 2. The number of anilines is 1. The average molecular weight is 487 g/mol. The lowest BCUT2D eigenvalue weighted by Gasteiger charge is -2.29. The van der Waals surface area contributed by atoms with Crippen LogP contribution in [0.15, 0.2) is 51.8 Å². The van der Waals surface area contributed by atoms with E-state index in [4.69, 9.17) is 9.47 Å². The van der Waals surface area contributed by atoms with E-state index in [2.05, 4.69) is 20.7 Å². The fourth-order valence-electron chi connectivity index (χ4n) is 2.77. The van der Waals surface area contributed by atoms with E-state index in [1.807, 2.05) is 0 Å². The summed E-state index contributed by atoms with van der Waals surface area (Å²) in [6, 6.07) is 9.60. The van der Waals surface area contributed by atoms with Crippen LogP contribution >= 0.6 is 15.9 Å². The van der Waals surface area contributed by atoms with Crippen molar-refractivity contribution < 1.29 is 27.1 Å². The molecule has 2 aromatic rings. The van der Waals surface area contributed by atoms with E-state index < -0.39 is 21.9 Å². The smallest absolute Gasteiger partial charge is 0.263 e. The van der Waals surface area contributed by atoms with Gasteiger partial charge in [-0.3, -0.25) is 9.52 Å². The van der Waals surface area contributed by atoms with Crippen LogP contribution in [-0.4, -0.2) is 51.6 Å². The highest BCUT2D eigenvalue weighted by molar-refractivity contribution is 9.10. The highest BCUT2D eigenvalue weighted by Crippen LogP contribution is 2.24. The quantitative estimate of drug-likeness (QED) is 0.678. The maximum absolute atomic E-state index is 13.9. The van der Waals surface area contributed by atoms with Crippen LogP contribution < -0.4 is 9.46 Å². The molecule has 3 rings (SSSR count). The van der Waals surface area contributed by atoms with Crippen LogP contribution in [0.3, 0.4) is 0 Å². The molecule has 1 saturated heterocycles. The standard InChI is InChI=1S/C19H20BrFN2O5S/c1-13(19(24)23-8-10-27-11-9-23)28-15-3-5-16(6-4-15)29(25,26)22-18-7-2-14(20)12-17(18)21/h2-7,12-13,22H,8-11H2,1H3/t13-/m0/s1. The SMILES string of the molecule is C[C@H](Oc1ccc(S(=O)(=O)Nc2ccc(Br)cc2F)cc1)C(=O)N1CCOCC1. The summed E-state index contributed by atoms with van der Waals surface area (Å²) < 4.78 is 52.5. The topological polar surface area (TPSA) is 84.9 Å². The van der Waals surface area contributed by atoms with E-state index in [0.29, 0.717) is 36.5 Å². The van der Waals surface area contributed by atoms with E-state index in [0.717, 1.165) is 0 Å². The first-order chi connectivity index (χ1) is 13.8. The van der Waals surface area contributed by atoms with Crippen molar-refractivity contribution >= 4 is 37.5 Å². The predicted molar refractivity (Wildman–Crippen MR) is 109 cm³/mol. The first kappa shape index (κ1) is 21.5. The Labute approximate surface area is 177 Å². The lowest BCUT2D eigenvalue weighted by atomic mass is 10.3. The Morgan fingerprint density at radius 3 is 2.48 bits per heavy atom. The Kier molecular flexibility index (Phi) is 6.76. The Morgan fingerprint density at radius 2 is 1.86 bits per heavy atom. The van der Waals surface area contributed by atoms with Gasteiger partial charge >= 0.3 is 0 Å². The molecule has 1 N–H and O–H groups in total. The van der Waals surface area contributed by atoms with Crippen LogP contribution in [-0.2, 0) is 19.6 Å². The maximum atomic E-state index is 13.9. The van der Waals surface area contributed by atoms with Gasteiger partial charge in [0.15, 0.2) is 6.10 Å². The van der Waals surface area contributed by atoms with Gasteiger partial charge in [0.05, 0.1) is 23.8 Å². The molecule has 156 valence electrons. The normalized spacial score (nSPS) is 15.6. The van der Waals surface area contributed by atoms with Crippen LogP contribution in [0.2, 0.25) is 0 Å². The number of nitrogens with one attached hydrogen (secondary N) is 1. The van der Waals surface area contributed by atoms with Gasteiger partial charge in [0, 0.05) is 17.6 Å². The molecule has 0 aromatic heterocycles. The molecule has 0 aliphatic carbocycles. The Balaban J connectivity index is 1.66. The van der Waals surface area contributed by atoms with Gasteiger partial charge < -0.3 is 14.4 Å². The third kappa shape index (κ3) is 5.46. The van der Waals surface area contributed by atoms with Crippen molar-refractivity contribution in [2.45, 2.75) is 17.9 Å². The van der Waals surface area contributed by atoms with Gasteiger partial charge in [-0.05, 0) is 49.4 Å². The largest absolute Gasteiger partial charge is 0.481 e. The molecule has 10 heteroatoms. The van der Waals surface area contributed by atoms with Crippen LogP contribution in [0, 0.1) is 5.82 Å². The Hall–Kier alpha value is -2.17. The first-order valence-corrected chi connectivity index (χ1v) is 11.1. The predicted octanol–water partition coefficient (Wildman–Crippen LogP) is 3.02. The van der Waals surface area contributed by atoms with Crippen LogP contribution in [0.4, 0.5) is 10.1 Å². The lowest BCUT2D eigenvalue weighted by Crippen LogP contribution is -2.46. The third-order valence-corrected chi connectivity index (χ3v) is 6.17. The molecule has 1 heterocycles. The minimum atomic E-state index is -3.98. The Morgan fingerprint density at radius 1 is 1.21 bits per heavy atom. The van der Waals surface area contributed by atoms with E-state index in [9.17, 15) is 17.6 Å². The van der Waals surface area contributed by atoms with Crippen molar-refractivity contribution in [2.24, 2.45) is 0 Å². The molecular weight excluding hydrogens is 467 g/mol. The van der Waals surface area contributed by atoms with Gasteiger partial charge in [0.1, 0.15) is 11.6 Å². The molecular formula is C19H20BrFN2O5S. The van der Waals surface area contributed by atoms with Gasteiger partial charge in [-0.2, -0.15) is 0 Å². The lowest BCUT2D eigenvalue weighted by molar-refractivity contribution is -0.142. The molecule has 1 atom stereocenters. The molecule has 0 radical (unpaired) electrons. The van der Waals surface area contributed by atoms with E-state index >= 15 is 0 Å². The number of sulfonamides is 1. The zero-order valence-corrected chi connectivity index (χ0v) is 18.0. The number of amides is 1. The minimum absolute atomic E-state index is 0.0562. The third-order valence-electron chi connectivity index (χ3n) is 4.29. The fourth-order valence-corrected chi connectivity index (χ4v) is 4.17. The number of morpholine rings is 1. The molecule has 7 nitrogen and oxygen atoms in total. The van der Waals surface area contributed by atoms with Crippen LogP contribution in [0.5, 0.6) is 5.75 Å². The summed E-state index contributed by atoms with van der Waals surface area (Å²) in [6.45, 7) is 3.66. The number of carbonyl (C=O) groups is 1. The number of hydrogen-bond donors (Lipinski definition) is 1. The maximum Gasteiger partial charge on any atom is 0.263 e. The minimum Gasteiger partial charge on any atom is -0.481 e. The molecule has 1 fully saturated rings. The van der Waals surface area contributed by atoms with Crippen molar-refractivity contribution in [1.82, 2.24) is 4.90 Å².